The molecule has 4 rings (SSSR count). The number of hydrogen-bond acceptors (Lipinski definition) is 2. The highest BCUT2D eigenvalue weighted by Crippen LogP contribution is 2.40. The van der Waals surface area contributed by atoms with Crippen LogP contribution in [-0.4, -0.2) is 14.5 Å². The molecule has 116 valence electrons. The molecule has 2 heterocycles. The lowest BCUT2D eigenvalue weighted by Gasteiger charge is -2.36. The van der Waals surface area contributed by atoms with Crippen LogP contribution in [0, 0.1) is 0 Å². The molecule has 4 aromatic rings. The maximum atomic E-state index is 4.38. The highest BCUT2D eigenvalue weighted by Gasteiger charge is 2.38. The second-order valence-electron chi connectivity index (χ2n) is 5.65. The van der Waals surface area contributed by atoms with Gasteiger partial charge in [-0.05, 0) is 17.2 Å². The van der Waals surface area contributed by atoms with Gasteiger partial charge in [-0.2, -0.15) is 0 Å². The fourth-order valence-corrected chi connectivity index (χ4v) is 3.34. The SMILES string of the molecule is c1ccc(C(c2ccccc2)(c2cccnc2)n2ccnc2)cc1. The van der Waals surface area contributed by atoms with Crippen molar-refractivity contribution < 1.29 is 0 Å². The van der Waals surface area contributed by atoms with Gasteiger partial charge in [0.1, 0.15) is 5.54 Å². The number of rotatable bonds is 4. The highest BCUT2D eigenvalue weighted by atomic mass is 15.1. The van der Waals surface area contributed by atoms with Gasteiger partial charge in [-0.1, -0.05) is 66.7 Å². The van der Waals surface area contributed by atoms with E-state index in [0.717, 1.165) is 5.56 Å². The van der Waals surface area contributed by atoms with Crippen LogP contribution in [0.25, 0.3) is 0 Å². The lowest BCUT2D eigenvalue weighted by molar-refractivity contribution is 0.513. The molecule has 0 unspecified atom stereocenters. The minimum atomic E-state index is -0.507. The van der Waals surface area contributed by atoms with Crippen LogP contribution in [0.4, 0.5) is 0 Å². The Morgan fingerprint density at radius 2 is 1.25 bits per heavy atom. The molecule has 2 aromatic heterocycles. The van der Waals surface area contributed by atoms with Gasteiger partial charge in [-0.15, -0.1) is 0 Å². The fraction of sp³-hybridized carbons (Fsp3) is 0.0476. The Morgan fingerprint density at radius 3 is 1.75 bits per heavy atom. The number of hydrogen-bond donors (Lipinski definition) is 0. The second-order valence-corrected chi connectivity index (χ2v) is 5.65. The van der Waals surface area contributed by atoms with Gasteiger partial charge in [-0.3, -0.25) is 4.98 Å². The summed E-state index contributed by atoms with van der Waals surface area (Å²) in [7, 11) is 0. The first-order valence-electron chi connectivity index (χ1n) is 7.92. The minimum absolute atomic E-state index is 0.507. The first-order chi connectivity index (χ1) is 11.9. The monoisotopic (exact) mass is 311 g/mol. The van der Waals surface area contributed by atoms with Gasteiger partial charge in [0.15, 0.2) is 0 Å². The van der Waals surface area contributed by atoms with E-state index in [4.69, 9.17) is 0 Å². The first-order valence-corrected chi connectivity index (χ1v) is 7.92. The Bertz CT molecular complexity index is 789. The van der Waals surface area contributed by atoms with Crippen LogP contribution in [0.5, 0.6) is 0 Å². The summed E-state index contributed by atoms with van der Waals surface area (Å²) >= 11 is 0. The zero-order valence-electron chi connectivity index (χ0n) is 13.2. The van der Waals surface area contributed by atoms with Crippen molar-refractivity contribution >= 4 is 0 Å². The van der Waals surface area contributed by atoms with Gasteiger partial charge < -0.3 is 4.57 Å². The molecule has 0 aliphatic rings. The Kier molecular flexibility index (Phi) is 3.67. The van der Waals surface area contributed by atoms with E-state index >= 15 is 0 Å². The first kappa shape index (κ1) is 14.4. The van der Waals surface area contributed by atoms with E-state index in [-0.39, 0.29) is 0 Å². The molecule has 0 atom stereocenters. The average Bonchev–Trinajstić information content (AvgIpc) is 3.20. The molecular formula is C21H17N3. The molecule has 0 bridgehead atoms. The van der Waals surface area contributed by atoms with E-state index < -0.39 is 5.54 Å². The molecule has 0 aliphatic carbocycles. The summed E-state index contributed by atoms with van der Waals surface area (Å²) in [4.78, 5) is 8.68. The summed E-state index contributed by atoms with van der Waals surface area (Å²) in [5, 5.41) is 0. The summed E-state index contributed by atoms with van der Waals surface area (Å²) in [6.45, 7) is 0. The summed E-state index contributed by atoms with van der Waals surface area (Å²) in [6.07, 6.45) is 9.43. The molecule has 0 aliphatic heterocycles. The van der Waals surface area contributed by atoms with Crippen LogP contribution < -0.4 is 0 Å². The van der Waals surface area contributed by atoms with Gasteiger partial charge in [0.25, 0.3) is 0 Å². The number of aromatic nitrogens is 3. The molecule has 0 amide bonds. The van der Waals surface area contributed by atoms with Crippen molar-refractivity contribution in [2.45, 2.75) is 5.54 Å². The molecule has 3 nitrogen and oxygen atoms in total. The summed E-state index contributed by atoms with van der Waals surface area (Å²) in [5.41, 5.74) is 2.93. The van der Waals surface area contributed by atoms with Crippen LogP contribution >= 0.6 is 0 Å². The third kappa shape index (κ3) is 2.22. The van der Waals surface area contributed by atoms with Crippen molar-refractivity contribution in [1.82, 2.24) is 14.5 Å². The van der Waals surface area contributed by atoms with Crippen LogP contribution in [-0.2, 0) is 5.54 Å². The Labute approximate surface area is 141 Å². The molecule has 0 spiro atoms. The molecule has 0 fully saturated rings. The molecule has 2 aromatic carbocycles. The molecule has 0 saturated heterocycles. The number of nitrogens with zero attached hydrogens (tertiary/aromatic N) is 3. The van der Waals surface area contributed by atoms with E-state index in [1.54, 1.807) is 6.20 Å². The average molecular weight is 311 g/mol. The van der Waals surface area contributed by atoms with Crippen molar-refractivity contribution in [3.8, 4) is 0 Å². The molecule has 0 saturated carbocycles. The van der Waals surface area contributed by atoms with Crippen molar-refractivity contribution in [3.05, 3.63) is 121 Å². The van der Waals surface area contributed by atoms with Crippen LogP contribution in [0.2, 0.25) is 0 Å². The summed E-state index contributed by atoms with van der Waals surface area (Å²) < 4.78 is 2.15. The zero-order chi connectivity index (χ0) is 16.2. The standard InChI is InChI=1S/C21H17N3/c1-3-8-18(9-4-1)21(24-15-14-23-17-24,19-10-5-2-6-11-19)20-12-7-13-22-16-20/h1-17H. The quantitative estimate of drug-likeness (QED) is 0.567. The van der Waals surface area contributed by atoms with Crippen LogP contribution in [0.3, 0.4) is 0 Å². The molecule has 3 heteroatoms. The topological polar surface area (TPSA) is 30.7 Å². The van der Waals surface area contributed by atoms with E-state index in [9.17, 15) is 0 Å². The largest absolute Gasteiger partial charge is 0.319 e. The number of benzene rings is 2. The summed E-state index contributed by atoms with van der Waals surface area (Å²) in [6, 6.07) is 25.1. The van der Waals surface area contributed by atoms with Gasteiger partial charge in [0, 0.05) is 30.4 Å². The van der Waals surface area contributed by atoms with Crippen LogP contribution in [0.15, 0.2) is 104 Å². The summed E-state index contributed by atoms with van der Waals surface area (Å²) in [5.74, 6) is 0. The van der Waals surface area contributed by atoms with E-state index in [0.29, 0.717) is 0 Å². The van der Waals surface area contributed by atoms with Crippen molar-refractivity contribution in [2.24, 2.45) is 0 Å². The smallest absolute Gasteiger partial charge is 0.123 e. The van der Waals surface area contributed by atoms with Crippen molar-refractivity contribution in [3.63, 3.8) is 0 Å². The van der Waals surface area contributed by atoms with E-state index in [1.807, 2.05) is 43.1 Å². The predicted octanol–water partition coefficient (Wildman–Crippen LogP) is 4.12. The Morgan fingerprint density at radius 1 is 0.625 bits per heavy atom. The van der Waals surface area contributed by atoms with Crippen molar-refractivity contribution in [2.75, 3.05) is 0 Å². The van der Waals surface area contributed by atoms with E-state index in [1.165, 1.54) is 11.1 Å². The number of pyridine rings is 1. The van der Waals surface area contributed by atoms with Gasteiger partial charge in [0.05, 0.1) is 6.33 Å². The van der Waals surface area contributed by atoms with Gasteiger partial charge in [0.2, 0.25) is 0 Å². The minimum Gasteiger partial charge on any atom is -0.319 e. The maximum Gasteiger partial charge on any atom is 0.123 e. The normalized spacial score (nSPS) is 11.3. The molecular weight excluding hydrogens is 294 g/mol. The molecule has 0 N–H and O–H groups in total. The Hall–Kier alpha value is -3.20. The number of imidazole rings is 1. The zero-order valence-corrected chi connectivity index (χ0v) is 13.2. The molecule has 0 radical (unpaired) electrons. The van der Waals surface area contributed by atoms with Gasteiger partial charge >= 0.3 is 0 Å². The molecule has 24 heavy (non-hydrogen) atoms. The maximum absolute atomic E-state index is 4.38. The lowest BCUT2D eigenvalue weighted by Crippen LogP contribution is -2.37. The van der Waals surface area contributed by atoms with Gasteiger partial charge in [-0.25, -0.2) is 4.98 Å². The second kappa shape index (κ2) is 6.13. The van der Waals surface area contributed by atoms with Crippen molar-refractivity contribution in [1.29, 1.82) is 0 Å². The Balaban J connectivity index is 2.12. The predicted molar refractivity (Wildman–Crippen MR) is 94.6 cm³/mol. The van der Waals surface area contributed by atoms with Crippen LogP contribution in [0.1, 0.15) is 16.7 Å². The fourth-order valence-electron chi connectivity index (χ4n) is 3.34. The third-order valence-electron chi connectivity index (χ3n) is 4.35. The third-order valence-corrected chi connectivity index (χ3v) is 4.35. The lowest BCUT2D eigenvalue weighted by atomic mass is 9.77. The van der Waals surface area contributed by atoms with E-state index in [2.05, 4.69) is 69.1 Å². The highest BCUT2D eigenvalue weighted by molar-refractivity contribution is 5.49.